The van der Waals surface area contributed by atoms with Gasteiger partial charge in [0.25, 0.3) is 0 Å². The number of hydrogen-bond acceptors (Lipinski definition) is 3. The number of hydrogen-bond donors (Lipinski definition) is 2. The summed E-state index contributed by atoms with van der Waals surface area (Å²) >= 11 is 0. The van der Waals surface area contributed by atoms with Gasteiger partial charge in [-0.1, -0.05) is 0 Å². The molecule has 78 valence electrons. The molecular formula is C9H15N3O2. The quantitative estimate of drug-likeness (QED) is 0.761. The van der Waals surface area contributed by atoms with E-state index in [0.717, 1.165) is 0 Å². The molecule has 1 heterocycles. The predicted octanol–water partition coefficient (Wildman–Crippen LogP) is 1.16. The Morgan fingerprint density at radius 1 is 1.71 bits per heavy atom. The molecule has 0 saturated heterocycles. The molecule has 1 aromatic heterocycles. The minimum atomic E-state index is -0.448. The maximum Gasteiger partial charge on any atom is 0.229 e. The summed E-state index contributed by atoms with van der Waals surface area (Å²) in [6.45, 7) is 3.71. The van der Waals surface area contributed by atoms with Crippen LogP contribution in [0.1, 0.15) is 20.3 Å². The molecule has 1 amide bonds. The lowest BCUT2D eigenvalue weighted by Gasteiger charge is -2.21. The molecule has 0 atom stereocenters. The van der Waals surface area contributed by atoms with Gasteiger partial charge in [-0.3, -0.25) is 10.1 Å². The molecule has 0 aliphatic rings. The Kier molecular flexibility index (Phi) is 3.24. The molecule has 0 radical (unpaired) electrons. The Labute approximate surface area is 82.9 Å². The van der Waals surface area contributed by atoms with E-state index in [1.54, 1.807) is 19.5 Å². The molecule has 0 saturated carbocycles. The van der Waals surface area contributed by atoms with Gasteiger partial charge in [0.2, 0.25) is 11.9 Å². The van der Waals surface area contributed by atoms with Crippen molar-refractivity contribution in [1.82, 2.24) is 9.97 Å². The molecule has 0 bridgehead atoms. The van der Waals surface area contributed by atoms with Crippen LogP contribution >= 0.6 is 0 Å². The van der Waals surface area contributed by atoms with Crippen molar-refractivity contribution in [3.63, 3.8) is 0 Å². The van der Waals surface area contributed by atoms with Gasteiger partial charge in [0.05, 0.1) is 12.0 Å². The smallest absolute Gasteiger partial charge is 0.229 e. The van der Waals surface area contributed by atoms with Crippen molar-refractivity contribution >= 4 is 11.9 Å². The molecule has 0 aliphatic heterocycles. The second-order valence-corrected chi connectivity index (χ2v) is 3.63. The number of nitrogens with one attached hydrogen (secondary N) is 2. The highest BCUT2D eigenvalue weighted by atomic mass is 16.5. The number of methoxy groups -OCH3 is 1. The second kappa shape index (κ2) is 4.23. The lowest BCUT2D eigenvalue weighted by atomic mass is 10.1. The van der Waals surface area contributed by atoms with Crippen molar-refractivity contribution in [1.29, 1.82) is 0 Å². The molecule has 5 heteroatoms. The van der Waals surface area contributed by atoms with E-state index in [0.29, 0.717) is 12.4 Å². The van der Waals surface area contributed by atoms with Gasteiger partial charge in [-0.15, -0.1) is 0 Å². The number of nitrogens with zero attached hydrogens (tertiary/aromatic N) is 1. The van der Waals surface area contributed by atoms with Crippen LogP contribution in [-0.2, 0) is 9.53 Å². The van der Waals surface area contributed by atoms with Crippen molar-refractivity contribution < 1.29 is 9.53 Å². The Hall–Kier alpha value is -1.36. The molecule has 0 aliphatic carbocycles. The van der Waals surface area contributed by atoms with Crippen LogP contribution < -0.4 is 5.32 Å². The number of anilines is 1. The number of rotatable bonds is 4. The molecule has 1 rings (SSSR count). The minimum Gasteiger partial charge on any atom is -0.378 e. The first-order valence-electron chi connectivity index (χ1n) is 4.38. The molecule has 2 N–H and O–H groups in total. The third-order valence-electron chi connectivity index (χ3n) is 1.89. The van der Waals surface area contributed by atoms with E-state index in [1.165, 1.54) is 0 Å². The first kappa shape index (κ1) is 10.7. The third-order valence-corrected chi connectivity index (χ3v) is 1.89. The van der Waals surface area contributed by atoms with Crippen LogP contribution in [0.5, 0.6) is 0 Å². The van der Waals surface area contributed by atoms with E-state index in [-0.39, 0.29) is 5.91 Å². The number of ether oxygens (including phenoxy) is 1. The highest BCUT2D eigenvalue weighted by Gasteiger charge is 2.21. The first-order chi connectivity index (χ1) is 6.53. The number of carbonyl (C=O) groups excluding carboxylic acids is 1. The summed E-state index contributed by atoms with van der Waals surface area (Å²) in [7, 11) is 1.58. The fourth-order valence-corrected chi connectivity index (χ4v) is 0.969. The van der Waals surface area contributed by atoms with Crippen LogP contribution in [0.3, 0.4) is 0 Å². The van der Waals surface area contributed by atoms with Crippen LogP contribution in [0, 0.1) is 0 Å². The van der Waals surface area contributed by atoms with Gasteiger partial charge < -0.3 is 9.72 Å². The standard InChI is InChI=1S/C9H15N3O2/c1-9(2,14-3)6-7(13)12-8-10-4-5-11-8/h4-5H,6H2,1-3H3,(H2,10,11,12,13). The average Bonchev–Trinajstić information content (AvgIpc) is 2.55. The topological polar surface area (TPSA) is 67.0 Å². The van der Waals surface area contributed by atoms with Crippen molar-refractivity contribution in [2.75, 3.05) is 12.4 Å². The largest absolute Gasteiger partial charge is 0.378 e. The Morgan fingerprint density at radius 3 is 2.93 bits per heavy atom. The highest BCUT2D eigenvalue weighted by Crippen LogP contribution is 2.13. The van der Waals surface area contributed by atoms with Crippen molar-refractivity contribution in [2.45, 2.75) is 25.9 Å². The first-order valence-corrected chi connectivity index (χ1v) is 4.38. The number of carbonyl (C=O) groups is 1. The van der Waals surface area contributed by atoms with Crippen LogP contribution in [0.4, 0.5) is 5.95 Å². The zero-order valence-corrected chi connectivity index (χ0v) is 8.63. The second-order valence-electron chi connectivity index (χ2n) is 3.63. The van der Waals surface area contributed by atoms with Crippen LogP contribution in [0.25, 0.3) is 0 Å². The van der Waals surface area contributed by atoms with E-state index in [1.807, 2.05) is 13.8 Å². The van der Waals surface area contributed by atoms with Gasteiger partial charge in [-0.25, -0.2) is 4.98 Å². The summed E-state index contributed by atoms with van der Waals surface area (Å²) in [4.78, 5) is 18.1. The molecule has 0 unspecified atom stereocenters. The molecule has 1 aromatic rings. The fourth-order valence-electron chi connectivity index (χ4n) is 0.969. The molecule has 0 aromatic carbocycles. The highest BCUT2D eigenvalue weighted by molar-refractivity contribution is 5.89. The average molecular weight is 197 g/mol. The van der Waals surface area contributed by atoms with E-state index in [9.17, 15) is 4.79 Å². The fraction of sp³-hybridized carbons (Fsp3) is 0.556. The van der Waals surface area contributed by atoms with Gasteiger partial charge in [0.1, 0.15) is 0 Å². The summed E-state index contributed by atoms with van der Waals surface area (Å²) in [6, 6.07) is 0. The normalized spacial score (nSPS) is 11.4. The van der Waals surface area contributed by atoms with Gasteiger partial charge in [0, 0.05) is 19.5 Å². The zero-order valence-electron chi connectivity index (χ0n) is 8.63. The van der Waals surface area contributed by atoms with Crippen molar-refractivity contribution in [3.8, 4) is 0 Å². The van der Waals surface area contributed by atoms with Gasteiger partial charge in [-0.2, -0.15) is 0 Å². The van der Waals surface area contributed by atoms with E-state index >= 15 is 0 Å². The van der Waals surface area contributed by atoms with E-state index in [2.05, 4.69) is 15.3 Å². The van der Waals surface area contributed by atoms with Gasteiger partial charge >= 0.3 is 0 Å². The summed E-state index contributed by atoms with van der Waals surface area (Å²) in [6.07, 6.45) is 3.53. The summed E-state index contributed by atoms with van der Waals surface area (Å²) in [5.74, 6) is 0.341. The van der Waals surface area contributed by atoms with Crippen LogP contribution in [0.2, 0.25) is 0 Å². The van der Waals surface area contributed by atoms with Crippen LogP contribution in [-0.4, -0.2) is 28.6 Å². The van der Waals surface area contributed by atoms with E-state index in [4.69, 9.17) is 4.74 Å². The number of aromatic amines is 1. The predicted molar refractivity (Wildman–Crippen MR) is 52.9 cm³/mol. The minimum absolute atomic E-state index is 0.119. The van der Waals surface area contributed by atoms with Crippen molar-refractivity contribution in [2.24, 2.45) is 0 Å². The van der Waals surface area contributed by atoms with E-state index < -0.39 is 5.60 Å². The summed E-state index contributed by atoms with van der Waals surface area (Å²) in [5.41, 5.74) is -0.448. The number of H-pyrrole nitrogens is 1. The molecular weight excluding hydrogens is 182 g/mol. The number of amides is 1. The number of imidazole rings is 1. The third kappa shape index (κ3) is 3.18. The maximum atomic E-state index is 11.4. The molecule has 14 heavy (non-hydrogen) atoms. The maximum absolute atomic E-state index is 11.4. The Balaban J connectivity index is 2.44. The van der Waals surface area contributed by atoms with Gasteiger partial charge in [0.15, 0.2) is 0 Å². The monoisotopic (exact) mass is 197 g/mol. The lowest BCUT2D eigenvalue weighted by Crippen LogP contribution is -2.29. The summed E-state index contributed by atoms with van der Waals surface area (Å²) in [5, 5.41) is 2.63. The molecule has 5 nitrogen and oxygen atoms in total. The van der Waals surface area contributed by atoms with Gasteiger partial charge in [-0.05, 0) is 13.8 Å². The molecule has 0 spiro atoms. The SMILES string of the molecule is COC(C)(C)CC(=O)Nc1ncc[nH]1. The lowest BCUT2D eigenvalue weighted by molar-refractivity contribution is -0.121. The zero-order chi connectivity index (χ0) is 10.6. The summed E-state index contributed by atoms with van der Waals surface area (Å²) < 4.78 is 5.14. The van der Waals surface area contributed by atoms with Crippen LogP contribution in [0.15, 0.2) is 12.4 Å². The molecule has 0 fully saturated rings. The van der Waals surface area contributed by atoms with Crippen molar-refractivity contribution in [3.05, 3.63) is 12.4 Å². The Bertz CT molecular complexity index is 293. The number of aromatic nitrogens is 2. The Morgan fingerprint density at radius 2 is 2.43 bits per heavy atom.